The first-order valence-electron chi connectivity index (χ1n) is 8.34. The van der Waals surface area contributed by atoms with E-state index in [9.17, 15) is 4.48 Å². The third-order valence-electron chi connectivity index (χ3n) is 3.29. The van der Waals surface area contributed by atoms with Crippen molar-refractivity contribution >= 4 is 35.4 Å². The topological polar surface area (TPSA) is 66.5 Å². The quantitative estimate of drug-likeness (QED) is 0.401. The molecule has 0 aromatic carbocycles. The fraction of sp³-hybridized carbons (Fsp3) is 0.263. The van der Waals surface area contributed by atoms with Gasteiger partial charge in [0.15, 0.2) is 0 Å². The zero-order chi connectivity index (χ0) is 19.6. The molecule has 0 aliphatic carbocycles. The Morgan fingerprint density at radius 2 is 2.26 bits per heavy atom. The molecule has 3 N–H and O–H groups in total. The molecule has 27 heavy (non-hydrogen) atoms. The van der Waals surface area contributed by atoms with Gasteiger partial charge in [-0.1, -0.05) is 12.1 Å². The highest BCUT2D eigenvalue weighted by Gasteiger charge is 2.15. The van der Waals surface area contributed by atoms with Gasteiger partial charge in [0, 0.05) is 24.6 Å². The Labute approximate surface area is 168 Å². The van der Waals surface area contributed by atoms with Crippen molar-refractivity contribution in [3.63, 3.8) is 0 Å². The van der Waals surface area contributed by atoms with Crippen LogP contribution < -0.4 is 11.1 Å². The lowest BCUT2D eigenvalue weighted by Gasteiger charge is -2.17. The molecule has 1 aliphatic rings. The number of thioether (sulfide) groups is 2. The number of nitrogens with one attached hydrogen (secondary N) is 1. The van der Waals surface area contributed by atoms with E-state index in [1.807, 2.05) is 48.8 Å². The van der Waals surface area contributed by atoms with Crippen LogP contribution in [0.3, 0.4) is 0 Å². The Kier molecular flexibility index (Phi) is 8.63. The molecule has 0 saturated heterocycles. The van der Waals surface area contributed by atoms with Gasteiger partial charge in [-0.15, -0.1) is 33.1 Å². The summed E-state index contributed by atoms with van der Waals surface area (Å²) in [4.78, 5) is 9.70. The first kappa shape index (κ1) is 21.3. The highest BCUT2D eigenvalue weighted by Crippen LogP contribution is 2.31. The minimum atomic E-state index is 0.196. The van der Waals surface area contributed by atoms with E-state index in [0.29, 0.717) is 10.8 Å². The fourth-order valence-electron chi connectivity index (χ4n) is 2.15. The monoisotopic (exact) mass is 405 g/mol. The highest BCUT2D eigenvalue weighted by molar-refractivity contribution is 8.04. The summed E-state index contributed by atoms with van der Waals surface area (Å²) in [5.74, 6) is 1.77. The van der Waals surface area contributed by atoms with Crippen molar-refractivity contribution in [2.45, 2.75) is 13.8 Å². The van der Waals surface area contributed by atoms with Crippen LogP contribution in [0.2, 0.25) is 0 Å². The summed E-state index contributed by atoms with van der Waals surface area (Å²) >= 11 is 2.97. The van der Waals surface area contributed by atoms with Gasteiger partial charge in [0.25, 0.3) is 0 Å². The summed E-state index contributed by atoms with van der Waals surface area (Å²) < 4.78 is 13.0. The van der Waals surface area contributed by atoms with E-state index in [1.54, 1.807) is 24.9 Å². The predicted molar refractivity (Wildman–Crippen MR) is 116 cm³/mol. The standard InChI is InChI=1S/C19H24FN5S2/c1-14(7-6-9-16-8-4-5-10-22-16)23-18-12-26-11-17(24-18)19(15(2)21)27-13-25(3)20/h4-11H,12-13,21H2,1-3H3,(H,23,24)/b9-6-,14-7+,19-15-. The molecule has 0 radical (unpaired) electrons. The number of amidine groups is 1. The van der Waals surface area contributed by atoms with Crippen molar-refractivity contribution in [2.24, 2.45) is 10.7 Å². The van der Waals surface area contributed by atoms with Crippen LogP contribution in [-0.4, -0.2) is 34.6 Å². The molecule has 1 aromatic rings. The van der Waals surface area contributed by atoms with Crippen molar-refractivity contribution in [2.75, 3.05) is 18.7 Å². The van der Waals surface area contributed by atoms with Gasteiger partial charge in [-0.2, -0.15) is 0 Å². The molecule has 0 amide bonds. The molecule has 1 aromatic heterocycles. The molecule has 8 heteroatoms. The van der Waals surface area contributed by atoms with E-state index in [1.165, 1.54) is 18.8 Å². The number of allylic oxidation sites excluding steroid dienone is 4. The normalized spacial score (nSPS) is 16.3. The molecule has 0 fully saturated rings. The van der Waals surface area contributed by atoms with E-state index < -0.39 is 0 Å². The van der Waals surface area contributed by atoms with E-state index in [4.69, 9.17) is 5.73 Å². The molecule has 144 valence electrons. The van der Waals surface area contributed by atoms with E-state index >= 15 is 0 Å². The average Bonchev–Trinajstić information content (AvgIpc) is 2.62. The van der Waals surface area contributed by atoms with Crippen LogP contribution in [0.15, 0.2) is 68.9 Å². The largest absolute Gasteiger partial charge is 0.401 e. The number of hydrogen-bond acceptors (Lipinski definition) is 7. The van der Waals surface area contributed by atoms with Gasteiger partial charge in [0.05, 0.1) is 27.9 Å². The summed E-state index contributed by atoms with van der Waals surface area (Å²) in [5, 5.41) is 5.89. The summed E-state index contributed by atoms with van der Waals surface area (Å²) in [6.45, 7) is 3.78. The summed E-state index contributed by atoms with van der Waals surface area (Å²) in [5.41, 5.74) is 9.23. The Hall–Kier alpha value is -2.03. The zero-order valence-corrected chi connectivity index (χ0v) is 17.3. The Morgan fingerprint density at radius 3 is 2.93 bits per heavy atom. The second kappa shape index (κ2) is 11.0. The first-order valence-corrected chi connectivity index (χ1v) is 10.4. The average molecular weight is 406 g/mol. The lowest BCUT2D eigenvalue weighted by molar-refractivity contribution is 0.0885. The van der Waals surface area contributed by atoms with Gasteiger partial charge in [0.2, 0.25) is 0 Å². The molecule has 1 aliphatic heterocycles. The number of hydrogen-bond donors (Lipinski definition) is 2. The molecular formula is C19H24FN5S2. The lowest BCUT2D eigenvalue weighted by atomic mass is 10.3. The maximum Gasteiger partial charge on any atom is 0.117 e. The van der Waals surface area contributed by atoms with Crippen LogP contribution in [0.5, 0.6) is 0 Å². The first-order chi connectivity index (χ1) is 13.0. The summed E-state index contributed by atoms with van der Waals surface area (Å²) in [6, 6.07) is 5.79. The Bertz CT molecular complexity index is 779. The van der Waals surface area contributed by atoms with Gasteiger partial charge in [-0.25, -0.2) is 4.99 Å². The van der Waals surface area contributed by atoms with Crippen LogP contribution >= 0.6 is 23.5 Å². The van der Waals surface area contributed by atoms with E-state index in [-0.39, 0.29) is 5.88 Å². The second-order valence-corrected chi connectivity index (χ2v) is 7.66. The molecule has 0 unspecified atom stereocenters. The van der Waals surface area contributed by atoms with Gasteiger partial charge in [-0.3, -0.25) is 4.98 Å². The van der Waals surface area contributed by atoms with Crippen molar-refractivity contribution in [3.8, 4) is 0 Å². The minimum Gasteiger partial charge on any atom is -0.401 e. The Balaban J connectivity index is 2.03. The Morgan fingerprint density at radius 1 is 1.44 bits per heavy atom. The van der Waals surface area contributed by atoms with Crippen molar-refractivity contribution in [1.82, 2.24) is 15.4 Å². The van der Waals surface area contributed by atoms with Gasteiger partial charge in [0.1, 0.15) is 5.84 Å². The number of halogens is 1. The van der Waals surface area contributed by atoms with Gasteiger partial charge < -0.3 is 11.1 Å². The molecular weight excluding hydrogens is 381 g/mol. The molecule has 0 bridgehead atoms. The van der Waals surface area contributed by atoms with Crippen molar-refractivity contribution in [3.05, 3.63) is 69.6 Å². The third kappa shape index (κ3) is 7.62. The van der Waals surface area contributed by atoms with Crippen molar-refractivity contribution < 1.29 is 4.48 Å². The van der Waals surface area contributed by atoms with E-state index in [2.05, 4.69) is 15.3 Å². The lowest BCUT2D eigenvalue weighted by Crippen LogP contribution is -2.25. The molecule has 5 nitrogen and oxygen atoms in total. The fourth-order valence-corrected chi connectivity index (χ4v) is 3.72. The van der Waals surface area contributed by atoms with E-state index in [0.717, 1.165) is 33.6 Å². The van der Waals surface area contributed by atoms with Crippen LogP contribution in [0, 0.1) is 0 Å². The predicted octanol–water partition coefficient (Wildman–Crippen LogP) is 4.27. The van der Waals surface area contributed by atoms with Gasteiger partial charge in [-0.05, 0) is 43.5 Å². The van der Waals surface area contributed by atoms with Crippen LogP contribution in [-0.2, 0) is 0 Å². The molecule has 2 heterocycles. The zero-order valence-electron chi connectivity index (χ0n) is 15.6. The maximum atomic E-state index is 13.0. The number of rotatable bonds is 7. The van der Waals surface area contributed by atoms with Gasteiger partial charge >= 0.3 is 0 Å². The maximum absolute atomic E-state index is 13.0. The highest BCUT2D eigenvalue weighted by atomic mass is 32.2. The number of pyridine rings is 1. The van der Waals surface area contributed by atoms with Crippen LogP contribution in [0.25, 0.3) is 6.08 Å². The third-order valence-corrected chi connectivity index (χ3v) is 5.43. The number of nitrogens with two attached hydrogens (primary N) is 1. The van der Waals surface area contributed by atoms with Crippen LogP contribution in [0.4, 0.5) is 4.48 Å². The van der Waals surface area contributed by atoms with Crippen LogP contribution in [0.1, 0.15) is 19.5 Å². The molecule has 0 spiro atoms. The SMILES string of the molecule is C/C(N)=C(/SCN(C)F)C1=CSCC(N/C(C)=C/C=C\c2ccccn2)=N1. The molecule has 2 rings (SSSR count). The number of aromatic nitrogens is 1. The summed E-state index contributed by atoms with van der Waals surface area (Å²) in [7, 11) is 1.38. The minimum absolute atomic E-state index is 0.196. The second-order valence-electron chi connectivity index (χ2n) is 5.85. The summed E-state index contributed by atoms with van der Waals surface area (Å²) in [6.07, 6.45) is 7.62. The number of nitrogens with zero attached hydrogens (tertiary/aromatic N) is 3. The van der Waals surface area contributed by atoms with Crippen molar-refractivity contribution in [1.29, 1.82) is 0 Å². The smallest absolute Gasteiger partial charge is 0.117 e. The molecule has 0 atom stereocenters. The number of aliphatic imine (C=N–C) groups is 1. The molecule has 0 saturated carbocycles.